The Bertz CT molecular complexity index is 511. The van der Waals surface area contributed by atoms with Crippen molar-refractivity contribution in [1.29, 1.82) is 0 Å². The first-order valence-corrected chi connectivity index (χ1v) is 6.81. The zero-order chi connectivity index (χ0) is 12.3. The standard InChI is InChI=1S/C12H12Br2N2O/c1-9-15-4-5-16(9)6-7-17-12-3-2-10(13)8-11(12)14/h2-5,8H,6-7H2,1H3. The molecule has 1 aromatic heterocycles. The lowest BCUT2D eigenvalue weighted by molar-refractivity contribution is 0.295. The van der Waals surface area contributed by atoms with Gasteiger partial charge in [-0.2, -0.15) is 0 Å². The Hall–Kier alpha value is -0.810. The van der Waals surface area contributed by atoms with E-state index in [2.05, 4.69) is 41.4 Å². The van der Waals surface area contributed by atoms with Gasteiger partial charge >= 0.3 is 0 Å². The van der Waals surface area contributed by atoms with Gasteiger partial charge in [0.15, 0.2) is 0 Å². The number of aromatic nitrogens is 2. The van der Waals surface area contributed by atoms with Crippen LogP contribution >= 0.6 is 31.9 Å². The Balaban J connectivity index is 1.92. The number of ether oxygens (including phenoxy) is 1. The molecule has 0 spiro atoms. The third-order valence-electron chi connectivity index (χ3n) is 2.41. The fraction of sp³-hybridized carbons (Fsp3) is 0.250. The summed E-state index contributed by atoms with van der Waals surface area (Å²) in [6.45, 7) is 3.40. The summed E-state index contributed by atoms with van der Waals surface area (Å²) in [5, 5.41) is 0. The van der Waals surface area contributed by atoms with E-state index < -0.39 is 0 Å². The monoisotopic (exact) mass is 358 g/mol. The summed E-state index contributed by atoms with van der Waals surface area (Å²) in [4.78, 5) is 4.16. The van der Waals surface area contributed by atoms with Crippen LogP contribution in [0.25, 0.3) is 0 Å². The van der Waals surface area contributed by atoms with Crippen LogP contribution in [0.5, 0.6) is 5.75 Å². The molecule has 0 N–H and O–H groups in total. The molecule has 0 saturated heterocycles. The molecule has 0 unspecified atom stereocenters. The van der Waals surface area contributed by atoms with Crippen LogP contribution in [-0.2, 0) is 6.54 Å². The van der Waals surface area contributed by atoms with Gasteiger partial charge in [-0.05, 0) is 41.1 Å². The van der Waals surface area contributed by atoms with E-state index in [4.69, 9.17) is 4.74 Å². The Kier molecular flexibility index (Phi) is 4.23. The van der Waals surface area contributed by atoms with E-state index in [1.54, 1.807) is 6.20 Å². The van der Waals surface area contributed by atoms with Crippen molar-refractivity contribution >= 4 is 31.9 Å². The van der Waals surface area contributed by atoms with Crippen molar-refractivity contribution in [2.24, 2.45) is 0 Å². The van der Waals surface area contributed by atoms with Crippen molar-refractivity contribution in [3.05, 3.63) is 45.4 Å². The molecule has 0 bridgehead atoms. The summed E-state index contributed by atoms with van der Waals surface area (Å²) in [7, 11) is 0. The first-order valence-electron chi connectivity index (χ1n) is 5.22. The second-order valence-corrected chi connectivity index (χ2v) is 5.36. The number of halogens is 2. The van der Waals surface area contributed by atoms with Crippen molar-refractivity contribution in [3.63, 3.8) is 0 Å². The fourth-order valence-electron chi connectivity index (χ4n) is 1.49. The van der Waals surface area contributed by atoms with Crippen LogP contribution < -0.4 is 4.74 Å². The third kappa shape index (κ3) is 3.33. The maximum Gasteiger partial charge on any atom is 0.133 e. The second kappa shape index (κ2) is 5.69. The smallest absolute Gasteiger partial charge is 0.133 e. The van der Waals surface area contributed by atoms with E-state index in [0.717, 1.165) is 27.1 Å². The molecule has 17 heavy (non-hydrogen) atoms. The van der Waals surface area contributed by atoms with E-state index in [0.29, 0.717) is 6.61 Å². The molecule has 0 aliphatic rings. The quantitative estimate of drug-likeness (QED) is 0.830. The number of hydrogen-bond acceptors (Lipinski definition) is 2. The number of imidazole rings is 1. The highest BCUT2D eigenvalue weighted by Crippen LogP contribution is 2.28. The molecule has 2 aromatic rings. The first kappa shape index (κ1) is 12.6. The van der Waals surface area contributed by atoms with E-state index in [1.165, 1.54) is 0 Å². The summed E-state index contributed by atoms with van der Waals surface area (Å²) < 4.78 is 9.75. The van der Waals surface area contributed by atoms with Gasteiger partial charge in [-0.1, -0.05) is 15.9 Å². The lowest BCUT2D eigenvalue weighted by atomic mass is 10.3. The summed E-state index contributed by atoms with van der Waals surface area (Å²) in [5.74, 6) is 1.86. The van der Waals surface area contributed by atoms with Gasteiger partial charge in [0.2, 0.25) is 0 Å². The molecule has 90 valence electrons. The third-order valence-corrected chi connectivity index (χ3v) is 3.52. The van der Waals surface area contributed by atoms with Crippen molar-refractivity contribution in [2.45, 2.75) is 13.5 Å². The summed E-state index contributed by atoms with van der Waals surface area (Å²) in [5.41, 5.74) is 0. The fourth-order valence-corrected chi connectivity index (χ4v) is 2.65. The van der Waals surface area contributed by atoms with Crippen LogP contribution in [0, 0.1) is 6.92 Å². The van der Waals surface area contributed by atoms with Gasteiger partial charge in [0.05, 0.1) is 11.0 Å². The Morgan fingerprint density at radius 2 is 2.18 bits per heavy atom. The minimum Gasteiger partial charge on any atom is -0.491 e. The van der Waals surface area contributed by atoms with Crippen LogP contribution in [-0.4, -0.2) is 16.2 Å². The Morgan fingerprint density at radius 1 is 1.35 bits per heavy atom. The normalized spacial score (nSPS) is 10.5. The summed E-state index contributed by atoms with van der Waals surface area (Å²) in [6, 6.07) is 5.87. The van der Waals surface area contributed by atoms with Crippen molar-refractivity contribution < 1.29 is 4.74 Å². The van der Waals surface area contributed by atoms with Gasteiger partial charge in [0.1, 0.15) is 18.2 Å². The Labute approximate surface area is 117 Å². The molecule has 2 rings (SSSR count). The minimum absolute atomic E-state index is 0.622. The van der Waals surface area contributed by atoms with E-state index >= 15 is 0 Å². The molecule has 0 radical (unpaired) electrons. The molecule has 1 aromatic carbocycles. The SMILES string of the molecule is Cc1nccn1CCOc1ccc(Br)cc1Br. The van der Waals surface area contributed by atoms with Crippen molar-refractivity contribution in [1.82, 2.24) is 9.55 Å². The molecular weight excluding hydrogens is 348 g/mol. The molecule has 0 amide bonds. The van der Waals surface area contributed by atoms with E-state index in [9.17, 15) is 0 Å². The van der Waals surface area contributed by atoms with Gasteiger partial charge < -0.3 is 9.30 Å². The molecule has 0 saturated carbocycles. The van der Waals surface area contributed by atoms with Gasteiger partial charge in [0.25, 0.3) is 0 Å². The maximum atomic E-state index is 5.70. The van der Waals surface area contributed by atoms with Gasteiger partial charge in [-0.15, -0.1) is 0 Å². The molecular formula is C12H12Br2N2O. The highest BCUT2D eigenvalue weighted by Gasteiger charge is 2.02. The lowest BCUT2D eigenvalue weighted by Gasteiger charge is -2.09. The summed E-state index contributed by atoms with van der Waals surface area (Å²) in [6.07, 6.45) is 3.75. The van der Waals surface area contributed by atoms with Crippen LogP contribution in [0.4, 0.5) is 0 Å². The van der Waals surface area contributed by atoms with Gasteiger partial charge in [-0.3, -0.25) is 0 Å². The van der Waals surface area contributed by atoms with Gasteiger partial charge in [-0.25, -0.2) is 4.98 Å². The number of nitrogens with zero attached hydrogens (tertiary/aromatic N) is 2. The minimum atomic E-state index is 0.622. The maximum absolute atomic E-state index is 5.70. The molecule has 1 heterocycles. The lowest BCUT2D eigenvalue weighted by Crippen LogP contribution is -2.08. The largest absolute Gasteiger partial charge is 0.491 e. The summed E-state index contributed by atoms with van der Waals surface area (Å²) >= 11 is 6.87. The highest BCUT2D eigenvalue weighted by atomic mass is 79.9. The average Bonchev–Trinajstić information content (AvgIpc) is 2.68. The van der Waals surface area contributed by atoms with Crippen LogP contribution in [0.1, 0.15) is 5.82 Å². The highest BCUT2D eigenvalue weighted by molar-refractivity contribution is 9.11. The van der Waals surface area contributed by atoms with Crippen LogP contribution in [0.15, 0.2) is 39.5 Å². The van der Waals surface area contributed by atoms with Gasteiger partial charge in [0, 0.05) is 16.9 Å². The predicted octanol–water partition coefficient (Wildman–Crippen LogP) is 3.80. The average molecular weight is 360 g/mol. The second-order valence-electron chi connectivity index (χ2n) is 3.59. The number of aryl methyl sites for hydroxylation is 1. The molecule has 3 nitrogen and oxygen atoms in total. The Morgan fingerprint density at radius 3 is 2.82 bits per heavy atom. The van der Waals surface area contributed by atoms with Crippen molar-refractivity contribution in [2.75, 3.05) is 6.61 Å². The van der Waals surface area contributed by atoms with Crippen LogP contribution in [0.3, 0.4) is 0 Å². The number of hydrogen-bond donors (Lipinski definition) is 0. The van der Waals surface area contributed by atoms with E-state index in [-0.39, 0.29) is 0 Å². The molecule has 0 aliphatic carbocycles. The predicted molar refractivity (Wildman–Crippen MR) is 74.3 cm³/mol. The zero-order valence-electron chi connectivity index (χ0n) is 9.36. The molecule has 5 heteroatoms. The number of rotatable bonds is 4. The zero-order valence-corrected chi connectivity index (χ0v) is 12.5. The van der Waals surface area contributed by atoms with E-state index in [1.807, 2.05) is 31.3 Å². The van der Waals surface area contributed by atoms with Crippen molar-refractivity contribution in [3.8, 4) is 5.75 Å². The van der Waals surface area contributed by atoms with Crippen LogP contribution in [0.2, 0.25) is 0 Å². The first-order chi connectivity index (χ1) is 8.16. The molecule has 0 aliphatic heterocycles. The molecule has 0 atom stereocenters. The number of benzene rings is 1. The molecule has 0 fully saturated rings. The topological polar surface area (TPSA) is 27.1 Å².